The molecule has 4 rings (SSSR count). The lowest BCUT2D eigenvalue weighted by Gasteiger charge is -2.06. The maximum absolute atomic E-state index is 12.5. The Morgan fingerprint density at radius 2 is 1.88 bits per heavy atom. The molecule has 1 N–H and O–H groups in total. The maximum atomic E-state index is 12.5. The van der Waals surface area contributed by atoms with Crippen molar-refractivity contribution in [2.75, 3.05) is 5.32 Å². The van der Waals surface area contributed by atoms with Crippen LogP contribution in [0.25, 0.3) is 22.4 Å². The van der Waals surface area contributed by atoms with E-state index in [1.54, 1.807) is 11.6 Å². The van der Waals surface area contributed by atoms with Gasteiger partial charge in [0.25, 0.3) is 5.56 Å². The van der Waals surface area contributed by atoms with Crippen LogP contribution < -0.4 is 16.6 Å². The maximum Gasteiger partial charge on any atom is 0.332 e. The minimum atomic E-state index is -0.421. The summed E-state index contributed by atoms with van der Waals surface area (Å²) in [6.45, 7) is 4.53. The van der Waals surface area contributed by atoms with E-state index in [0.29, 0.717) is 29.3 Å². The van der Waals surface area contributed by atoms with Crippen molar-refractivity contribution in [2.24, 2.45) is 21.1 Å². The molecule has 10 nitrogen and oxygen atoms in total. The number of aromatic nitrogens is 6. The van der Waals surface area contributed by atoms with Gasteiger partial charge in [0, 0.05) is 56.4 Å². The Labute approximate surface area is 187 Å². The minimum Gasteiger partial charge on any atom is -0.351 e. The summed E-state index contributed by atoms with van der Waals surface area (Å²) >= 11 is 1.39. The number of hydrogen-bond acceptors (Lipinski definition) is 6. The van der Waals surface area contributed by atoms with E-state index in [1.807, 2.05) is 26.3 Å². The molecule has 0 atom stereocenters. The number of imidazole rings is 1. The first-order chi connectivity index (χ1) is 15.2. The topological polar surface area (TPSA) is 109 Å². The number of aryl methyl sites for hydroxylation is 3. The zero-order chi connectivity index (χ0) is 23.2. The van der Waals surface area contributed by atoms with E-state index >= 15 is 0 Å². The van der Waals surface area contributed by atoms with Crippen molar-refractivity contribution in [1.82, 2.24) is 28.2 Å². The van der Waals surface area contributed by atoms with Gasteiger partial charge in [-0.15, -0.1) is 11.3 Å². The van der Waals surface area contributed by atoms with Gasteiger partial charge in [-0.2, -0.15) is 0 Å². The Morgan fingerprint density at radius 3 is 2.56 bits per heavy atom. The molecule has 4 heterocycles. The number of nitrogens with one attached hydrogen (secondary N) is 1. The Balaban J connectivity index is 1.41. The Kier molecular flexibility index (Phi) is 5.59. The molecule has 0 bridgehead atoms. The zero-order valence-corrected chi connectivity index (χ0v) is 19.5. The summed E-state index contributed by atoms with van der Waals surface area (Å²) in [5, 5.41) is 5.35. The summed E-state index contributed by atoms with van der Waals surface area (Å²) in [4.78, 5) is 45.7. The van der Waals surface area contributed by atoms with Gasteiger partial charge in [-0.3, -0.25) is 18.7 Å². The minimum absolute atomic E-state index is 0.142. The van der Waals surface area contributed by atoms with Crippen LogP contribution in [0.1, 0.15) is 24.2 Å². The van der Waals surface area contributed by atoms with Crippen LogP contribution in [-0.4, -0.2) is 34.1 Å². The highest BCUT2D eigenvalue weighted by atomic mass is 32.1. The van der Waals surface area contributed by atoms with E-state index in [1.165, 1.54) is 29.3 Å². The van der Waals surface area contributed by atoms with Crippen molar-refractivity contribution >= 4 is 33.5 Å². The summed E-state index contributed by atoms with van der Waals surface area (Å²) in [5.74, 6) is -0.142. The van der Waals surface area contributed by atoms with E-state index in [4.69, 9.17) is 0 Å². The molecule has 1 amide bonds. The molecule has 0 saturated heterocycles. The first-order valence-electron chi connectivity index (χ1n) is 10.2. The van der Waals surface area contributed by atoms with Gasteiger partial charge >= 0.3 is 5.69 Å². The van der Waals surface area contributed by atoms with Crippen molar-refractivity contribution < 1.29 is 4.79 Å². The lowest BCUT2D eigenvalue weighted by atomic mass is 10.2. The number of nitrogens with zero attached hydrogens (tertiary/aromatic N) is 6. The van der Waals surface area contributed by atoms with E-state index in [0.717, 1.165) is 27.2 Å². The smallest absolute Gasteiger partial charge is 0.332 e. The molecule has 11 heteroatoms. The lowest BCUT2D eigenvalue weighted by molar-refractivity contribution is -0.116. The van der Waals surface area contributed by atoms with Crippen molar-refractivity contribution in [3.8, 4) is 11.3 Å². The third-order valence-corrected chi connectivity index (χ3v) is 6.58. The fraction of sp³-hybridized carbons (Fsp3) is 0.381. The van der Waals surface area contributed by atoms with Gasteiger partial charge in [-0.1, -0.05) is 0 Å². The molecule has 168 valence electrons. The first-order valence-corrected chi connectivity index (χ1v) is 11.1. The molecule has 4 aromatic heterocycles. The molecule has 0 aliphatic heterocycles. The third kappa shape index (κ3) is 3.68. The second-order valence-electron chi connectivity index (χ2n) is 7.85. The molecule has 0 spiro atoms. The van der Waals surface area contributed by atoms with Crippen LogP contribution in [0.5, 0.6) is 0 Å². The highest BCUT2D eigenvalue weighted by Crippen LogP contribution is 2.29. The van der Waals surface area contributed by atoms with E-state index in [2.05, 4.69) is 25.9 Å². The number of rotatable bonds is 6. The molecular formula is C21H25N7O3S. The lowest BCUT2D eigenvalue weighted by Crippen LogP contribution is -2.37. The quantitative estimate of drug-likeness (QED) is 0.478. The molecule has 0 aromatic carbocycles. The summed E-state index contributed by atoms with van der Waals surface area (Å²) < 4.78 is 6.20. The SMILES string of the molecule is Cc1cc(-c2csc(NC(=O)CCCn3cnc4c3c(=O)n(C)c(=O)n4C)n2)c(C)n1C. The van der Waals surface area contributed by atoms with Gasteiger partial charge < -0.3 is 14.5 Å². The van der Waals surface area contributed by atoms with Crippen LogP contribution in [0, 0.1) is 13.8 Å². The highest BCUT2D eigenvalue weighted by Gasteiger charge is 2.15. The monoisotopic (exact) mass is 455 g/mol. The molecule has 0 unspecified atom stereocenters. The van der Waals surface area contributed by atoms with Gasteiger partial charge in [0.15, 0.2) is 16.3 Å². The summed E-state index contributed by atoms with van der Waals surface area (Å²) in [6, 6.07) is 2.09. The number of hydrogen-bond donors (Lipinski definition) is 1. The van der Waals surface area contributed by atoms with Crippen molar-refractivity contribution in [2.45, 2.75) is 33.2 Å². The molecular weight excluding hydrogens is 430 g/mol. The molecule has 0 radical (unpaired) electrons. The van der Waals surface area contributed by atoms with Gasteiger partial charge in [-0.25, -0.2) is 14.8 Å². The van der Waals surface area contributed by atoms with E-state index in [9.17, 15) is 14.4 Å². The first kappa shape index (κ1) is 21.8. The predicted molar refractivity (Wildman–Crippen MR) is 124 cm³/mol. The van der Waals surface area contributed by atoms with Crippen LogP contribution in [-0.2, 0) is 32.5 Å². The number of thiazole rings is 1. The molecule has 0 aliphatic carbocycles. The molecule has 0 fully saturated rings. The third-order valence-electron chi connectivity index (χ3n) is 5.82. The van der Waals surface area contributed by atoms with Crippen LogP contribution in [0.4, 0.5) is 5.13 Å². The van der Waals surface area contributed by atoms with Gasteiger partial charge in [0.1, 0.15) is 0 Å². The van der Waals surface area contributed by atoms with Crippen LogP contribution in [0.2, 0.25) is 0 Å². The average Bonchev–Trinajstić information content (AvgIpc) is 3.46. The standard InChI is InChI=1S/C21H25N7O3S/c1-12-9-14(13(2)25(12)3)15-10-32-20(23-15)24-16(29)7-6-8-28-11-22-18-17(28)19(30)27(5)21(31)26(18)4/h9-11H,6-8H2,1-5H3,(H,23,24,29). The van der Waals surface area contributed by atoms with E-state index in [-0.39, 0.29) is 12.3 Å². The second-order valence-corrected chi connectivity index (χ2v) is 8.71. The number of carbonyl (C=O) groups is 1. The number of amides is 1. The highest BCUT2D eigenvalue weighted by molar-refractivity contribution is 7.14. The van der Waals surface area contributed by atoms with Crippen molar-refractivity contribution in [1.29, 1.82) is 0 Å². The number of carbonyl (C=O) groups excluding carboxylic acids is 1. The van der Waals surface area contributed by atoms with E-state index < -0.39 is 11.2 Å². The van der Waals surface area contributed by atoms with Gasteiger partial charge in [0.2, 0.25) is 5.91 Å². The second kappa shape index (κ2) is 8.23. The van der Waals surface area contributed by atoms with Crippen LogP contribution in [0.3, 0.4) is 0 Å². The molecule has 0 aliphatic rings. The average molecular weight is 456 g/mol. The van der Waals surface area contributed by atoms with Crippen molar-refractivity contribution in [3.63, 3.8) is 0 Å². The number of anilines is 1. The van der Waals surface area contributed by atoms with Crippen LogP contribution >= 0.6 is 11.3 Å². The van der Waals surface area contributed by atoms with Gasteiger partial charge in [-0.05, 0) is 26.3 Å². The van der Waals surface area contributed by atoms with Crippen LogP contribution in [0.15, 0.2) is 27.4 Å². The summed E-state index contributed by atoms with van der Waals surface area (Å²) in [5.41, 5.74) is 4.06. The molecule has 0 saturated carbocycles. The summed E-state index contributed by atoms with van der Waals surface area (Å²) in [6.07, 6.45) is 2.31. The normalized spacial score (nSPS) is 11.4. The molecule has 32 heavy (non-hydrogen) atoms. The van der Waals surface area contributed by atoms with Crippen molar-refractivity contribution in [3.05, 3.63) is 50.0 Å². The number of fused-ring (bicyclic) bond motifs is 1. The predicted octanol–water partition coefficient (Wildman–Crippen LogP) is 1.93. The van der Waals surface area contributed by atoms with Gasteiger partial charge in [0.05, 0.1) is 12.0 Å². The molecule has 4 aromatic rings. The fourth-order valence-electron chi connectivity index (χ4n) is 3.73. The largest absolute Gasteiger partial charge is 0.351 e. The Hall–Kier alpha value is -3.47. The Bertz CT molecular complexity index is 1450. The fourth-order valence-corrected chi connectivity index (χ4v) is 4.45. The summed E-state index contributed by atoms with van der Waals surface area (Å²) in [7, 11) is 5.03. The Morgan fingerprint density at radius 1 is 1.12 bits per heavy atom. The zero-order valence-electron chi connectivity index (χ0n) is 18.7.